The van der Waals surface area contributed by atoms with Crippen molar-refractivity contribution in [1.82, 2.24) is 20.9 Å². The standard InChI is InChI=1S/C19H39N5O.HI/c1-6-16-11-9-10-13-24(16)14-12-22-18(21-8-3)23-15-19(4,5)17(25)20-7-2;/h16H,6-15H2,1-5H3,(H,20,25)(H2,21,22,23);1H. The monoisotopic (exact) mass is 481 g/mol. The average molecular weight is 481 g/mol. The normalized spacial score (nSPS) is 18.8. The van der Waals surface area contributed by atoms with E-state index in [0.717, 1.165) is 31.6 Å². The van der Waals surface area contributed by atoms with Crippen LogP contribution in [0.25, 0.3) is 0 Å². The van der Waals surface area contributed by atoms with E-state index in [0.29, 0.717) is 13.1 Å². The van der Waals surface area contributed by atoms with E-state index < -0.39 is 5.41 Å². The molecule has 0 spiro atoms. The second kappa shape index (κ2) is 13.6. The number of carbonyl (C=O) groups excluding carboxylic acids is 1. The van der Waals surface area contributed by atoms with Crippen molar-refractivity contribution in [2.75, 3.05) is 39.3 Å². The minimum atomic E-state index is -0.501. The molecular formula is C19H40IN5O. The van der Waals surface area contributed by atoms with Gasteiger partial charge in [-0.3, -0.25) is 14.7 Å². The second-order valence-corrected chi connectivity index (χ2v) is 7.46. The number of amides is 1. The fourth-order valence-corrected chi connectivity index (χ4v) is 3.22. The minimum absolute atomic E-state index is 0. The number of aliphatic imine (C=N–C) groups is 1. The van der Waals surface area contributed by atoms with Gasteiger partial charge in [0.2, 0.25) is 5.91 Å². The van der Waals surface area contributed by atoms with E-state index in [1.807, 2.05) is 20.8 Å². The molecule has 1 atom stereocenters. The minimum Gasteiger partial charge on any atom is -0.357 e. The molecule has 1 saturated heterocycles. The Morgan fingerprint density at radius 3 is 2.42 bits per heavy atom. The van der Waals surface area contributed by atoms with Crippen molar-refractivity contribution in [3.63, 3.8) is 0 Å². The van der Waals surface area contributed by atoms with Crippen LogP contribution in [0.5, 0.6) is 0 Å². The van der Waals surface area contributed by atoms with Crippen LogP contribution in [0.1, 0.15) is 60.3 Å². The van der Waals surface area contributed by atoms with Crippen molar-refractivity contribution in [2.24, 2.45) is 10.4 Å². The lowest BCUT2D eigenvalue weighted by Crippen LogP contribution is -2.46. The van der Waals surface area contributed by atoms with Gasteiger partial charge in [-0.1, -0.05) is 13.3 Å². The molecule has 1 fully saturated rings. The highest BCUT2D eigenvalue weighted by Gasteiger charge is 2.27. The van der Waals surface area contributed by atoms with Crippen LogP contribution in [-0.4, -0.2) is 62.1 Å². The molecule has 154 valence electrons. The molecule has 1 aliphatic heterocycles. The SMILES string of the molecule is CCNC(=O)C(C)(C)CN=C(NCC)NCCN1CCCCC1CC.I. The zero-order valence-electron chi connectivity index (χ0n) is 17.4. The number of carbonyl (C=O) groups is 1. The first kappa shape index (κ1) is 25.4. The van der Waals surface area contributed by atoms with Gasteiger partial charge in [-0.05, 0) is 53.5 Å². The van der Waals surface area contributed by atoms with Crippen LogP contribution in [0.2, 0.25) is 0 Å². The van der Waals surface area contributed by atoms with Crippen LogP contribution >= 0.6 is 24.0 Å². The van der Waals surface area contributed by atoms with Gasteiger partial charge in [0.15, 0.2) is 5.96 Å². The number of likely N-dealkylation sites (tertiary alicyclic amines) is 1. The summed E-state index contributed by atoms with van der Waals surface area (Å²) in [6.07, 6.45) is 5.23. The Kier molecular flexibility index (Phi) is 13.3. The first-order valence-corrected chi connectivity index (χ1v) is 9.99. The maximum absolute atomic E-state index is 12.1. The molecule has 6 nitrogen and oxygen atoms in total. The van der Waals surface area contributed by atoms with Crippen LogP contribution in [0.3, 0.4) is 0 Å². The highest BCUT2D eigenvalue weighted by atomic mass is 127. The average Bonchev–Trinajstić information content (AvgIpc) is 2.60. The van der Waals surface area contributed by atoms with Crippen LogP contribution < -0.4 is 16.0 Å². The predicted molar refractivity (Wildman–Crippen MR) is 121 cm³/mol. The molecule has 0 aromatic heterocycles. The van der Waals surface area contributed by atoms with Crippen LogP contribution in [0.15, 0.2) is 4.99 Å². The molecule has 26 heavy (non-hydrogen) atoms. The first-order chi connectivity index (χ1) is 11.9. The van der Waals surface area contributed by atoms with Gasteiger partial charge >= 0.3 is 0 Å². The summed E-state index contributed by atoms with van der Waals surface area (Å²) in [4.78, 5) is 19.3. The number of nitrogens with zero attached hydrogens (tertiary/aromatic N) is 2. The lowest BCUT2D eigenvalue weighted by Gasteiger charge is -2.35. The van der Waals surface area contributed by atoms with Gasteiger partial charge in [0.05, 0.1) is 12.0 Å². The van der Waals surface area contributed by atoms with Gasteiger partial charge in [-0.2, -0.15) is 0 Å². The quantitative estimate of drug-likeness (QED) is 0.269. The smallest absolute Gasteiger partial charge is 0.227 e. The zero-order chi connectivity index (χ0) is 18.7. The summed E-state index contributed by atoms with van der Waals surface area (Å²) in [5.41, 5.74) is -0.501. The van der Waals surface area contributed by atoms with Crippen molar-refractivity contribution < 1.29 is 4.79 Å². The Labute approximate surface area is 177 Å². The first-order valence-electron chi connectivity index (χ1n) is 9.99. The molecule has 0 bridgehead atoms. The molecule has 0 aromatic carbocycles. The Morgan fingerprint density at radius 1 is 1.12 bits per heavy atom. The molecule has 1 unspecified atom stereocenters. The van der Waals surface area contributed by atoms with Gasteiger partial charge in [0.1, 0.15) is 0 Å². The summed E-state index contributed by atoms with van der Waals surface area (Å²) in [6.45, 7) is 15.2. The number of guanidine groups is 1. The maximum atomic E-state index is 12.1. The van der Waals surface area contributed by atoms with Crippen molar-refractivity contribution in [2.45, 2.75) is 66.3 Å². The number of halogens is 1. The van der Waals surface area contributed by atoms with Crippen molar-refractivity contribution in [3.8, 4) is 0 Å². The molecule has 0 saturated carbocycles. The van der Waals surface area contributed by atoms with Crippen molar-refractivity contribution in [1.29, 1.82) is 0 Å². The third-order valence-corrected chi connectivity index (χ3v) is 4.84. The molecule has 1 amide bonds. The van der Waals surface area contributed by atoms with Gasteiger partial charge in [0, 0.05) is 32.2 Å². The van der Waals surface area contributed by atoms with Crippen molar-refractivity contribution in [3.05, 3.63) is 0 Å². The van der Waals surface area contributed by atoms with Gasteiger partial charge in [0.25, 0.3) is 0 Å². The fraction of sp³-hybridized carbons (Fsp3) is 0.895. The Bertz CT molecular complexity index is 428. The summed E-state index contributed by atoms with van der Waals surface area (Å²) in [5.74, 6) is 0.846. The molecule has 1 heterocycles. The van der Waals surface area contributed by atoms with Crippen LogP contribution in [-0.2, 0) is 4.79 Å². The van der Waals surface area contributed by atoms with E-state index >= 15 is 0 Å². The predicted octanol–water partition coefficient (Wildman–Crippen LogP) is 2.59. The highest BCUT2D eigenvalue weighted by Crippen LogP contribution is 2.18. The molecular weight excluding hydrogens is 441 g/mol. The number of piperidine rings is 1. The Balaban J connectivity index is 0.00000625. The lowest BCUT2D eigenvalue weighted by atomic mass is 9.92. The molecule has 1 aliphatic rings. The maximum Gasteiger partial charge on any atom is 0.227 e. The van der Waals surface area contributed by atoms with E-state index in [9.17, 15) is 4.79 Å². The third-order valence-electron chi connectivity index (χ3n) is 4.84. The second-order valence-electron chi connectivity index (χ2n) is 7.46. The van der Waals surface area contributed by atoms with E-state index in [1.165, 1.54) is 32.2 Å². The zero-order valence-corrected chi connectivity index (χ0v) is 19.7. The summed E-state index contributed by atoms with van der Waals surface area (Å²) in [5, 5.41) is 9.58. The molecule has 1 rings (SSSR count). The largest absolute Gasteiger partial charge is 0.357 e. The summed E-state index contributed by atoms with van der Waals surface area (Å²) in [6, 6.07) is 0.728. The molecule has 0 radical (unpaired) electrons. The lowest BCUT2D eigenvalue weighted by molar-refractivity contribution is -0.128. The van der Waals surface area contributed by atoms with Gasteiger partial charge in [-0.25, -0.2) is 0 Å². The van der Waals surface area contributed by atoms with Gasteiger partial charge in [-0.15, -0.1) is 24.0 Å². The van der Waals surface area contributed by atoms with E-state index in [4.69, 9.17) is 0 Å². The molecule has 0 aliphatic carbocycles. The summed E-state index contributed by atoms with van der Waals surface area (Å²) >= 11 is 0. The molecule has 0 aromatic rings. The topological polar surface area (TPSA) is 68.8 Å². The molecule has 7 heteroatoms. The van der Waals surface area contributed by atoms with E-state index in [1.54, 1.807) is 0 Å². The van der Waals surface area contributed by atoms with Crippen LogP contribution in [0.4, 0.5) is 0 Å². The van der Waals surface area contributed by atoms with E-state index in [2.05, 4.69) is 39.7 Å². The number of nitrogens with one attached hydrogen (secondary N) is 3. The fourth-order valence-electron chi connectivity index (χ4n) is 3.22. The summed E-state index contributed by atoms with van der Waals surface area (Å²) in [7, 11) is 0. The third kappa shape index (κ3) is 8.88. The number of hydrogen-bond donors (Lipinski definition) is 3. The van der Waals surface area contributed by atoms with E-state index in [-0.39, 0.29) is 29.9 Å². The Hall–Kier alpha value is -0.570. The molecule has 3 N–H and O–H groups in total. The number of rotatable bonds is 9. The van der Waals surface area contributed by atoms with Crippen molar-refractivity contribution >= 4 is 35.8 Å². The highest BCUT2D eigenvalue weighted by molar-refractivity contribution is 14.0. The summed E-state index contributed by atoms with van der Waals surface area (Å²) < 4.78 is 0. The van der Waals surface area contributed by atoms with Gasteiger partial charge < -0.3 is 16.0 Å². The van der Waals surface area contributed by atoms with Crippen LogP contribution in [0, 0.1) is 5.41 Å². The number of hydrogen-bond acceptors (Lipinski definition) is 3. The Morgan fingerprint density at radius 2 is 1.81 bits per heavy atom.